The first-order valence-electron chi connectivity index (χ1n) is 9.44. The molecule has 7 nitrogen and oxygen atoms in total. The average Bonchev–Trinajstić information content (AvgIpc) is 3.17. The van der Waals surface area contributed by atoms with E-state index < -0.39 is 4.92 Å². The zero-order valence-electron chi connectivity index (χ0n) is 15.0. The van der Waals surface area contributed by atoms with Crippen molar-refractivity contribution in [2.75, 3.05) is 13.1 Å². The van der Waals surface area contributed by atoms with Crippen LogP contribution < -0.4 is 0 Å². The number of likely N-dealkylation sites (tertiary alicyclic amines) is 1. The molecular formula is C19H24N4O3. The van der Waals surface area contributed by atoms with E-state index >= 15 is 0 Å². The lowest BCUT2D eigenvalue weighted by molar-refractivity contribution is -0.384. The van der Waals surface area contributed by atoms with Gasteiger partial charge in [0, 0.05) is 24.2 Å². The van der Waals surface area contributed by atoms with Crippen molar-refractivity contribution in [2.45, 2.75) is 45.1 Å². The Morgan fingerprint density at radius 3 is 2.62 bits per heavy atom. The van der Waals surface area contributed by atoms with Gasteiger partial charge in [-0.3, -0.25) is 15.0 Å². The number of benzene rings is 1. The van der Waals surface area contributed by atoms with E-state index in [1.54, 1.807) is 12.1 Å². The van der Waals surface area contributed by atoms with Crippen LogP contribution >= 0.6 is 0 Å². The molecule has 2 fully saturated rings. The van der Waals surface area contributed by atoms with E-state index in [-0.39, 0.29) is 11.7 Å². The number of piperidine rings is 1. The zero-order chi connectivity index (χ0) is 18.1. The van der Waals surface area contributed by atoms with Gasteiger partial charge in [-0.1, -0.05) is 19.3 Å². The summed E-state index contributed by atoms with van der Waals surface area (Å²) in [5.41, 5.74) is 0.754. The fourth-order valence-corrected chi connectivity index (χ4v) is 4.38. The topological polar surface area (TPSA) is 85.3 Å². The van der Waals surface area contributed by atoms with Gasteiger partial charge in [-0.15, -0.1) is 10.2 Å². The predicted molar refractivity (Wildman–Crippen MR) is 96.4 cm³/mol. The van der Waals surface area contributed by atoms with Crippen LogP contribution in [0.5, 0.6) is 0 Å². The summed E-state index contributed by atoms with van der Waals surface area (Å²) in [6, 6.07) is 6.30. The van der Waals surface area contributed by atoms with E-state index in [1.807, 2.05) is 0 Å². The number of nitrogens with zero attached hydrogens (tertiary/aromatic N) is 4. The summed E-state index contributed by atoms with van der Waals surface area (Å²) in [5.74, 6) is 2.73. The molecule has 3 atom stereocenters. The third-order valence-electron chi connectivity index (χ3n) is 5.99. The van der Waals surface area contributed by atoms with Gasteiger partial charge < -0.3 is 4.42 Å². The number of fused-ring (bicyclic) bond motifs is 1. The minimum atomic E-state index is -0.417. The highest BCUT2D eigenvalue weighted by atomic mass is 16.6. The van der Waals surface area contributed by atoms with Gasteiger partial charge >= 0.3 is 0 Å². The Kier molecular flexibility index (Phi) is 4.72. The molecule has 1 aliphatic carbocycles. The molecule has 0 spiro atoms. The van der Waals surface area contributed by atoms with Gasteiger partial charge in [0.05, 0.1) is 11.0 Å². The lowest BCUT2D eigenvalue weighted by Gasteiger charge is -2.42. The van der Waals surface area contributed by atoms with E-state index in [9.17, 15) is 10.1 Å². The van der Waals surface area contributed by atoms with Gasteiger partial charge in [-0.05, 0) is 50.3 Å². The third kappa shape index (κ3) is 3.35. The molecule has 0 unspecified atom stereocenters. The van der Waals surface area contributed by atoms with E-state index in [0.717, 1.165) is 24.9 Å². The van der Waals surface area contributed by atoms with Crippen LogP contribution in [-0.2, 0) is 0 Å². The van der Waals surface area contributed by atoms with Crippen molar-refractivity contribution in [3.63, 3.8) is 0 Å². The first-order valence-corrected chi connectivity index (χ1v) is 9.44. The third-order valence-corrected chi connectivity index (χ3v) is 5.99. The Morgan fingerprint density at radius 1 is 1.15 bits per heavy atom. The lowest BCUT2D eigenvalue weighted by Crippen LogP contribution is -2.42. The number of hydrogen-bond donors (Lipinski definition) is 0. The van der Waals surface area contributed by atoms with Gasteiger partial charge in [-0.25, -0.2) is 0 Å². The highest BCUT2D eigenvalue weighted by molar-refractivity contribution is 5.55. The van der Waals surface area contributed by atoms with Crippen LogP contribution in [0.1, 0.15) is 51.0 Å². The maximum Gasteiger partial charge on any atom is 0.269 e. The van der Waals surface area contributed by atoms with Crippen molar-refractivity contribution in [1.29, 1.82) is 0 Å². The molecule has 0 amide bonds. The van der Waals surface area contributed by atoms with Crippen LogP contribution in [0.3, 0.4) is 0 Å². The molecule has 0 N–H and O–H groups in total. The Balaban J connectivity index is 1.46. The molecule has 7 heteroatoms. The Bertz CT molecular complexity index is 773. The van der Waals surface area contributed by atoms with Crippen molar-refractivity contribution in [3.05, 3.63) is 40.3 Å². The summed E-state index contributed by atoms with van der Waals surface area (Å²) in [4.78, 5) is 12.8. The summed E-state index contributed by atoms with van der Waals surface area (Å²) in [5, 5.41) is 19.1. The smallest absolute Gasteiger partial charge is 0.269 e. The molecule has 26 heavy (non-hydrogen) atoms. The number of hydrogen-bond acceptors (Lipinski definition) is 6. The van der Waals surface area contributed by atoms with Crippen LogP contribution in [0, 0.1) is 22.0 Å². The second-order valence-electron chi connectivity index (χ2n) is 7.51. The quantitative estimate of drug-likeness (QED) is 0.602. The highest BCUT2D eigenvalue weighted by Gasteiger charge is 2.34. The fourth-order valence-electron chi connectivity index (χ4n) is 4.38. The minimum Gasteiger partial charge on any atom is -0.419 e. The van der Waals surface area contributed by atoms with Crippen LogP contribution in [0.4, 0.5) is 5.69 Å². The number of nitro benzene ring substituents is 1. The van der Waals surface area contributed by atoms with E-state index in [0.29, 0.717) is 17.3 Å². The molecule has 1 saturated carbocycles. The normalized spacial score (nSPS) is 24.8. The maximum atomic E-state index is 10.8. The fraction of sp³-hybridized carbons (Fsp3) is 0.579. The average molecular weight is 356 g/mol. The van der Waals surface area contributed by atoms with Crippen LogP contribution in [-0.4, -0.2) is 33.1 Å². The van der Waals surface area contributed by atoms with Crippen molar-refractivity contribution >= 4 is 5.69 Å². The summed E-state index contributed by atoms with van der Waals surface area (Å²) in [6.45, 7) is 4.31. The van der Waals surface area contributed by atoms with Crippen molar-refractivity contribution < 1.29 is 9.34 Å². The van der Waals surface area contributed by atoms with E-state index in [2.05, 4.69) is 22.0 Å². The molecule has 2 aromatic rings. The van der Waals surface area contributed by atoms with Gasteiger partial charge in [0.1, 0.15) is 0 Å². The van der Waals surface area contributed by atoms with Gasteiger partial charge in [0.25, 0.3) is 5.69 Å². The molecule has 0 bridgehead atoms. The molecule has 1 aromatic carbocycles. The second kappa shape index (κ2) is 7.15. The molecule has 1 aliphatic heterocycles. The minimum absolute atomic E-state index is 0.0530. The number of nitro groups is 1. The zero-order valence-corrected chi connectivity index (χ0v) is 15.0. The number of non-ortho nitro benzene ring substituents is 1. The largest absolute Gasteiger partial charge is 0.419 e. The van der Waals surface area contributed by atoms with Gasteiger partial charge in [-0.2, -0.15) is 0 Å². The molecule has 4 rings (SSSR count). The molecular weight excluding hydrogens is 332 g/mol. The highest BCUT2D eigenvalue weighted by Crippen LogP contribution is 2.38. The maximum absolute atomic E-state index is 10.8. The number of aromatic nitrogens is 2. The summed E-state index contributed by atoms with van der Waals surface area (Å²) >= 11 is 0. The van der Waals surface area contributed by atoms with Gasteiger partial charge in [0.15, 0.2) is 0 Å². The Labute approximate surface area is 152 Å². The van der Waals surface area contributed by atoms with Crippen molar-refractivity contribution in [1.82, 2.24) is 15.1 Å². The Hall–Kier alpha value is -2.28. The van der Waals surface area contributed by atoms with E-state index in [4.69, 9.17) is 4.42 Å². The van der Waals surface area contributed by atoms with Crippen LogP contribution in [0.2, 0.25) is 0 Å². The van der Waals surface area contributed by atoms with E-state index in [1.165, 1.54) is 44.2 Å². The standard InChI is InChI=1S/C19H24N4O3/c1-13(22-11-10-14-4-2-3-5-16(14)12-22)18-20-21-19(26-18)15-6-8-17(9-7-15)23(24)25/h6-9,13-14,16H,2-5,10-12H2,1H3/t13-,14+,16-/m1/s1. The second-order valence-corrected chi connectivity index (χ2v) is 7.51. The molecule has 138 valence electrons. The first-order chi connectivity index (χ1) is 12.6. The van der Waals surface area contributed by atoms with Crippen molar-refractivity contribution in [2.24, 2.45) is 11.8 Å². The molecule has 0 radical (unpaired) electrons. The lowest BCUT2D eigenvalue weighted by atomic mass is 9.75. The van der Waals surface area contributed by atoms with Crippen molar-refractivity contribution in [3.8, 4) is 11.5 Å². The predicted octanol–water partition coefficient (Wildman–Crippen LogP) is 4.22. The molecule has 1 aromatic heterocycles. The number of rotatable bonds is 4. The SMILES string of the molecule is C[C@H](c1nnc(-c2ccc([N+](=O)[O-])cc2)o1)N1CC[C@@H]2CCCC[C@@H]2C1. The van der Waals surface area contributed by atoms with Crippen LogP contribution in [0.25, 0.3) is 11.5 Å². The summed E-state index contributed by atoms with van der Waals surface area (Å²) in [7, 11) is 0. The molecule has 2 heterocycles. The first kappa shape index (κ1) is 17.1. The van der Waals surface area contributed by atoms with Crippen LogP contribution in [0.15, 0.2) is 28.7 Å². The molecule has 1 saturated heterocycles. The summed E-state index contributed by atoms with van der Waals surface area (Å²) < 4.78 is 5.89. The van der Waals surface area contributed by atoms with Gasteiger partial charge in [0.2, 0.25) is 11.8 Å². The summed E-state index contributed by atoms with van der Waals surface area (Å²) in [6.07, 6.45) is 6.73. The molecule has 2 aliphatic rings. The Morgan fingerprint density at radius 2 is 1.88 bits per heavy atom. The monoisotopic (exact) mass is 356 g/mol.